The highest BCUT2D eigenvalue weighted by atomic mass is 19.4. The van der Waals surface area contributed by atoms with E-state index >= 15 is 0 Å². The molecule has 0 saturated heterocycles. The van der Waals surface area contributed by atoms with Crippen molar-refractivity contribution in [1.82, 2.24) is 0 Å². The molecule has 1 aliphatic carbocycles. The van der Waals surface area contributed by atoms with Gasteiger partial charge in [-0.15, -0.1) is 0 Å². The molecule has 2 aromatic carbocycles. The highest BCUT2D eigenvalue weighted by Crippen LogP contribution is 2.50. The maximum atomic E-state index is 14.0. The third-order valence-electron chi connectivity index (χ3n) is 4.51. The van der Waals surface area contributed by atoms with Gasteiger partial charge in [0.15, 0.2) is 0 Å². The first-order chi connectivity index (χ1) is 12.0. The van der Waals surface area contributed by atoms with Crippen LogP contribution in [0.4, 0.5) is 13.2 Å². The maximum absolute atomic E-state index is 14.0. The molecule has 0 heterocycles. The van der Waals surface area contributed by atoms with Crippen molar-refractivity contribution < 1.29 is 13.2 Å². The van der Waals surface area contributed by atoms with Crippen molar-refractivity contribution in [2.45, 2.75) is 38.8 Å². The number of allylic oxidation sites excluding steroid dienone is 3. The summed E-state index contributed by atoms with van der Waals surface area (Å²) in [6.45, 7) is 2.09. The summed E-state index contributed by atoms with van der Waals surface area (Å²) in [5.41, 5.74) is 2.09. The predicted molar refractivity (Wildman–Crippen MR) is 97.1 cm³/mol. The molecule has 0 spiro atoms. The van der Waals surface area contributed by atoms with E-state index in [0.29, 0.717) is 34.3 Å². The first-order valence-electron chi connectivity index (χ1n) is 8.71. The third-order valence-corrected chi connectivity index (χ3v) is 4.51. The number of rotatable bonds is 5. The number of unbranched alkanes of at least 4 members (excludes halogenated alkanes) is 3. The topological polar surface area (TPSA) is 0 Å². The second-order valence-electron chi connectivity index (χ2n) is 6.27. The average molecular weight is 342 g/mol. The molecule has 1 aliphatic rings. The largest absolute Gasteiger partial charge is 0.417 e. The molecule has 0 amide bonds. The van der Waals surface area contributed by atoms with Crippen LogP contribution in [0.5, 0.6) is 0 Å². The molecule has 25 heavy (non-hydrogen) atoms. The fourth-order valence-corrected chi connectivity index (χ4v) is 3.39. The van der Waals surface area contributed by atoms with Crippen LogP contribution in [0, 0.1) is 0 Å². The van der Waals surface area contributed by atoms with Crippen molar-refractivity contribution >= 4 is 11.1 Å². The Morgan fingerprint density at radius 3 is 2.12 bits per heavy atom. The lowest BCUT2D eigenvalue weighted by atomic mass is 9.97. The van der Waals surface area contributed by atoms with E-state index in [2.05, 4.69) is 6.92 Å². The Balaban J connectivity index is 2.18. The molecule has 0 aliphatic heterocycles. The summed E-state index contributed by atoms with van der Waals surface area (Å²) < 4.78 is 42.0. The maximum Gasteiger partial charge on any atom is 0.417 e. The minimum Gasteiger partial charge on any atom is -0.166 e. The van der Waals surface area contributed by atoms with Gasteiger partial charge in [-0.3, -0.25) is 0 Å². The third kappa shape index (κ3) is 3.55. The van der Waals surface area contributed by atoms with Gasteiger partial charge in [-0.2, -0.15) is 13.2 Å². The Bertz CT molecular complexity index is 796. The van der Waals surface area contributed by atoms with Gasteiger partial charge in [0, 0.05) is 5.57 Å². The second-order valence-corrected chi connectivity index (χ2v) is 6.27. The van der Waals surface area contributed by atoms with E-state index in [1.807, 2.05) is 6.07 Å². The molecule has 0 atom stereocenters. The van der Waals surface area contributed by atoms with Gasteiger partial charge in [0.25, 0.3) is 0 Å². The number of halogens is 3. The molecule has 0 aromatic heterocycles. The smallest absolute Gasteiger partial charge is 0.166 e. The van der Waals surface area contributed by atoms with Gasteiger partial charge in [0.2, 0.25) is 0 Å². The highest BCUT2D eigenvalue weighted by molar-refractivity contribution is 6.05. The van der Waals surface area contributed by atoms with Crippen molar-refractivity contribution in [3.05, 3.63) is 82.9 Å². The molecule has 0 N–H and O–H groups in total. The highest BCUT2D eigenvalue weighted by Gasteiger charge is 2.43. The SMILES string of the molecule is CCCCC/C=C1/C(C(F)(F)F)=C(c2ccccc2)c2ccccc21. The summed E-state index contributed by atoms with van der Waals surface area (Å²) in [5, 5.41) is 0. The van der Waals surface area contributed by atoms with Gasteiger partial charge < -0.3 is 0 Å². The van der Waals surface area contributed by atoms with Gasteiger partial charge in [-0.25, -0.2) is 0 Å². The summed E-state index contributed by atoms with van der Waals surface area (Å²) in [5.74, 6) is 0. The molecule has 0 bridgehead atoms. The van der Waals surface area contributed by atoms with E-state index in [1.165, 1.54) is 0 Å². The number of fused-ring (bicyclic) bond motifs is 1. The normalized spacial score (nSPS) is 15.8. The van der Waals surface area contributed by atoms with E-state index in [-0.39, 0.29) is 0 Å². The van der Waals surface area contributed by atoms with Gasteiger partial charge in [0.1, 0.15) is 0 Å². The molecular formula is C22H21F3. The quantitative estimate of drug-likeness (QED) is 0.512. The minimum absolute atomic E-state index is 0.297. The fraction of sp³-hybridized carbons (Fsp3) is 0.273. The lowest BCUT2D eigenvalue weighted by Gasteiger charge is -2.14. The lowest BCUT2D eigenvalue weighted by Crippen LogP contribution is -2.13. The Labute approximate surface area is 146 Å². The van der Waals surface area contributed by atoms with E-state index < -0.39 is 11.7 Å². The molecule has 0 fully saturated rings. The van der Waals surface area contributed by atoms with Crippen LogP contribution in [0.1, 0.15) is 49.3 Å². The molecule has 2 aromatic rings. The first-order valence-corrected chi connectivity index (χ1v) is 8.71. The molecule has 3 heteroatoms. The van der Waals surface area contributed by atoms with Crippen molar-refractivity contribution in [3.63, 3.8) is 0 Å². The molecular weight excluding hydrogens is 321 g/mol. The lowest BCUT2D eigenvalue weighted by molar-refractivity contribution is -0.0862. The van der Waals surface area contributed by atoms with Gasteiger partial charge in [-0.1, -0.05) is 80.4 Å². The molecule has 0 unspecified atom stereocenters. The van der Waals surface area contributed by atoms with Crippen LogP contribution >= 0.6 is 0 Å². The van der Waals surface area contributed by atoms with Gasteiger partial charge >= 0.3 is 6.18 Å². The monoisotopic (exact) mass is 342 g/mol. The van der Waals surface area contributed by atoms with E-state index in [9.17, 15) is 13.2 Å². The van der Waals surface area contributed by atoms with Crippen LogP contribution < -0.4 is 0 Å². The zero-order chi connectivity index (χ0) is 17.9. The Kier molecular flexibility index (Phi) is 5.12. The molecule has 0 radical (unpaired) electrons. The Morgan fingerprint density at radius 1 is 0.840 bits per heavy atom. The summed E-state index contributed by atoms with van der Waals surface area (Å²) >= 11 is 0. The standard InChI is InChI=1S/C22H21F3/c1-2-3-4-8-15-19-17-13-9-10-14-18(17)20(21(19)22(23,24)25)16-11-6-5-7-12-16/h5-7,9-15H,2-4,8H2,1H3/b19-15+. The Morgan fingerprint density at radius 2 is 1.48 bits per heavy atom. The van der Waals surface area contributed by atoms with Crippen LogP contribution in [0.15, 0.2) is 66.2 Å². The molecule has 130 valence electrons. The zero-order valence-corrected chi connectivity index (χ0v) is 14.2. The number of hydrogen-bond donors (Lipinski definition) is 0. The van der Waals surface area contributed by atoms with Gasteiger partial charge in [-0.05, 0) is 35.1 Å². The average Bonchev–Trinajstić information content (AvgIpc) is 2.94. The Hall–Kier alpha value is -2.29. The zero-order valence-electron chi connectivity index (χ0n) is 14.2. The van der Waals surface area contributed by atoms with Crippen LogP contribution in [-0.4, -0.2) is 6.18 Å². The number of hydrogen-bond acceptors (Lipinski definition) is 0. The van der Waals surface area contributed by atoms with Crippen molar-refractivity contribution in [1.29, 1.82) is 0 Å². The number of benzene rings is 2. The fourth-order valence-electron chi connectivity index (χ4n) is 3.39. The van der Waals surface area contributed by atoms with Crippen LogP contribution in [0.3, 0.4) is 0 Å². The van der Waals surface area contributed by atoms with E-state index in [1.54, 1.807) is 54.6 Å². The summed E-state index contributed by atoms with van der Waals surface area (Å²) in [6, 6.07) is 16.1. The van der Waals surface area contributed by atoms with Crippen molar-refractivity contribution in [2.24, 2.45) is 0 Å². The predicted octanol–water partition coefficient (Wildman–Crippen LogP) is 7.03. The molecule has 3 rings (SSSR count). The van der Waals surface area contributed by atoms with E-state index in [4.69, 9.17) is 0 Å². The number of alkyl halides is 3. The second kappa shape index (κ2) is 7.30. The first kappa shape index (κ1) is 17.5. The summed E-state index contributed by atoms with van der Waals surface area (Å²) in [7, 11) is 0. The minimum atomic E-state index is -4.39. The summed E-state index contributed by atoms with van der Waals surface area (Å²) in [4.78, 5) is 0. The van der Waals surface area contributed by atoms with Crippen molar-refractivity contribution in [3.8, 4) is 0 Å². The van der Waals surface area contributed by atoms with E-state index in [0.717, 1.165) is 19.3 Å². The van der Waals surface area contributed by atoms with Crippen molar-refractivity contribution in [2.75, 3.05) is 0 Å². The van der Waals surface area contributed by atoms with Crippen LogP contribution in [0.2, 0.25) is 0 Å². The summed E-state index contributed by atoms with van der Waals surface area (Å²) in [6.07, 6.45) is 1.04. The molecule has 0 saturated carbocycles. The molecule has 0 nitrogen and oxygen atoms in total. The van der Waals surface area contributed by atoms with Crippen LogP contribution in [0.25, 0.3) is 11.1 Å². The van der Waals surface area contributed by atoms with Gasteiger partial charge in [0.05, 0.1) is 5.57 Å². The van der Waals surface area contributed by atoms with Crippen LogP contribution in [-0.2, 0) is 0 Å².